The number of nitrogens with zero attached hydrogens (tertiary/aromatic N) is 1. The van der Waals surface area contributed by atoms with E-state index in [1.165, 1.54) is 18.2 Å². The highest BCUT2D eigenvalue weighted by atomic mass is 35.5. The first-order chi connectivity index (χ1) is 9.68. The first kappa shape index (κ1) is 15.7. The minimum Gasteiger partial charge on any atom is -0.375 e. The summed E-state index contributed by atoms with van der Waals surface area (Å²) in [6, 6.07) is 3.78. The summed E-state index contributed by atoms with van der Waals surface area (Å²) in [7, 11) is -3.89. The molecule has 1 aromatic carbocycles. The number of carbonyl (C=O) groups is 1. The maximum Gasteiger partial charge on any atom is 0.267 e. The predicted octanol–water partition coefficient (Wildman–Crippen LogP) is 1.59. The molecule has 1 aromatic heterocycles. The van der Waals surface area contributed by atoms with Gasteiger partial charge in [0.15, 0.2) is 5.13 Å². The number of rotatable bonds is 3. The summed E-state index contributed by atoms with van der Waals surface area (Å²) in [5.41, 5.74) is 6.15. The molecule has 21 heavy (non-hydrogen) atoms. The molecule has 0 spiro atoms. The van der Waals surface area contributed by atoms with Gasteiger partial charge in [-0.3, -0.25) is 4.79 Å². The van der Waals surface area contributed by atoms with Crippen LogP contribution in [-0.2, 0) is 10.0 Å². The number of halogens is 1. The lowest BCUT2D eigenvalue weighted by Crippen LogP contribution is -2.15. The first-order valence-electron chi connectivity index (χ1n) is 5.55. The van der Waals surface area contributed by atoms with E-state index in [1.807, 2.05) is 0 Å². The Balaban J connectivity index is 2.35. The van der Waals surface area contributed by atoms with Crippen molar-refractivity contribution in [2.45, 2.75) is 11.8 Å². The van der Waals surface area contributed by atoms with Crippen LogP contribution >= 0.6 is 22.9 Å². The van der Waals surface area contributed by atoms with E-state index in [-0.39, 0.29) is 20.7 Å². The lowest BCUT2D eigenvalue weighted by atomic mass is 10.3. The van der Waals surface area contributed by atoms with E-state index in [4.69, 9.17) is 22.5 Å². The van der Waals surface area contributed by atoms with Crippen LogP contribution in [0.2, 0.25) is 5.02 Å². The van der Waals surface area contributed by atoms with E-state index in [0.29, 0.717) is 10.6 Å². The maximum atomic E-state index is 12.1. The summed E-state index contributed by atoms with van der Waals surface area (Å²) in [4.78, 5) is 16.2. The molecule has 0 aliphatic heterocycles. The van der Waals surface area contributed by atoms with Crippen LogP contribution in [0.15, 0.2) is 23.1 Å². The fraction of sp³-hybridized carbons (Fsp3) is 0.0909. The monoisotopic (exact) mass is 346 g/mol. The molecule has 0 fully saturated rings. The minimum absolute atomic E-state index is 0.138. The van der Waals surface area contributed by atoms with E-state index >= 15 is 0 Å². The topological polar surface area (TPSA) is 128 Å². The lowest BCUT2D eigenvalue weighted by Gasteiger charge is -2.08. The van der Waals surface area contributed by atoms with Crippen molar-refractivity contribution < 1.29 is 13.2 Å². The van der Waals surface area contributed by atoms with Crippen LogP contribution in [-0.4, -0.2) is 19.3 Å². The number of nitrogens with two attached hydrogens (primary N) is 2. The number of amides is 1. The number of anilines is 2. The Morgan fingerprint density at radius 3 is 2.62 bits per heavy atom. The lowest BCUT2D eigenvalue weighted by molar-refractivity contribution is 0.102. The Kier molecular flexibility index (Phi) is 4.19. The number of aryl methyl sites for hydroxylation is 1. The molecule has 0 aliphatic carbocycles. The quantitative estimate of drug-likeness (QED) is 0.777. The van der Waals surface area contributed by atoms with Crippen molar-refractivity contribution in [3.05, 3.63) is 33.8 Å². The van der Waals surface area contributed by atoms with Crippen molar-refractivity contribution in [1.29, 1.82) is 0 Å². The summed E-state index contributed by atoms with van der Waals surface area (Å²) < 4.78 is 22.6. The van der Waals surface area contributed by atoms with Crippen LogP contribution in [0.4, 0.5) is 10.8 Å². The number of sulfonamides is 1. The van der Waals surface area contributed by atoms with E-state index in [0.717, 1.165) is 11.3 Å². The van der Waals surface area contributed by atoms with Crippen molar-refractivity contribution in [3.63, 3.8) is 0 Å². The molecular formula is C11H11ClN4O3S2. The third kappa shape index (κ3) is 3.50. The number of benzene rings is 1. The van der Waals surface area contributed by atoms with E-state index in [1.54, 1.807) is 6.92 Å². The van der Waals surface area contributed by atoms with Crippen LogP contribution in [0.5, 0.6) is 0 Å². The summed E-state index contributed by atoms with van der Waals surface area (Å²) >= 11 is 6.96. The van der Waals surface area contributed by atoms with Gasteiger partial charge in [0.05, 0.1) is 21.3 Å². The Morgan fingerprint density at radius 1 is 1.43 bits per heavy atom. The fourth-order valence-electron chi connectivity index (χ4n) is 1.58. The highest BCUT2D eigenvalue weighted by molar-refractivity contribution is 7.89. The van der Waals surface area contributed by atoms with Gasteiger partial charge in [-0.1, -0.05) is 22.9 Å². The smallest absolute Gasteiger partial charge is 0.267 e. The second kappa shape index (κ2) is 5.60. The Bertz CT molecular complexity index is 817. The minimum atomic E-state index is -3.89. The molecule has 112 valence electrons. The maximum absolute atomic E-state index is 12.1. The molecule has 10 heteroatoms. The van der Waals surface area contributed by atoms with Gasteiger partial charge in [-0.05, 0) is 25.1 Å². The number of hydrogen-bond acceptors (Lipinski definition) is 6. The number of primary sulfonamides is 1. The molecule has 2 aromatic rings. The highest BCUT2D eigenvalue weighted by Crippen LogP contribution is 2.27. The number of aromatic nitrogens is 1. The number of nitrogen functional groups attached to an aromatic ring is 1. The van der Waals surface area contributed by atoms with Crippen molar-refractivity contribution in [2.24, 2.45) is 5.14 Å². The second-order valence-corrected chi connectivity index (χ2v) is 7.11. The Labute approximate surface area is 130 Å². The molecule has 7 nitrogen and oxygen atoms in total. The molecule has 0 aliphatic rings. The molecule has 5 N–H and O–H groups in total. The predicted molar refractivity (Wildman–Crippen MR) is 82.0 cm³/mol. The summed E-state index contributed by atoms with van der Waals surface area (Å²) in [5, 5.41) is 8.01. The molecule has 0 atom stereocenters. The second-order valence-electron chi connectivity index (χ2n) is 4.11. The molecule has 0 unspecified atom stereocenters. The van der Waals surface area contributed by atoms with Gasteiger partial charge in [-0.15, -0.1) is 0 Å². The standard InChI is InChI=1S/C11H11ClN4O3S2/c1-5-9(20-11(13)15-5)10(17)16-8-4-6(21(14,18)19)2-3-7(8)12/h2-4H,1H3,(H2,13,15)(H,16,17)(H2,14,18,19). The van der Waals surface area contributed by atoms with E-state index in [9.17, 15) is 13.2 Å². The average molecular weight is 347 g/mol. The first-order valence-corrected chi connectivity index (χ1v) is 8.29. The van der Waals surface area contributed by atoms with Gasteiger partial charge in [-0.25, -0.2) is 18.5 Å². The molecule has 1 heterocycles. The van der Waals surface area contributed by atoms with Crippen LogP contribution in [0, 0.1) is 6.92 Å². The van der Waals surface area contributed by atoms with Crippen LogP contribution < -0.4 is 16.2 Å². The van der Waals surface area contributed by atoms with Crippen molar-refractivity contribution in [1.82, 2.24) is 4.98 Å². The Hall–Kier alpha value is -1.68. The van der Waals surface area contributed by atoms with Gasteiger partial charge in [-0.2, -0.15) is 0 Å². The number of thiazole rings is 1. The third-order valence-corrected chi connectivity index (χ3v) is 4.76. The van der Waals surface area contributed by atoms with Crippen LogP contribution in [0.25, 0.3) is 0 Å². The normalized spacial score (nSPS) is 11.4. The van der Waals surface area contributed by atoms with E-state index in [2.05, 4.69) is 10.3 Å². The van der Waals surface area contributed by atoms with Gasteiger partial charge in [0.1, 0.15) is 4.88 Å². The van der Waals surface area contributed by atoms with Crippen molar-refractivity contribution >= 4 is 49.7 Å². The van der Waals surface area contributed by atoms with Gasteiger partial charge in [0.2, 0.25) is 10.0 Å². The average Bonchev–Trinajstić information content (AvgIpc) is 2.70. The van der Waals surface area contributed by atoms with Crippen molar-refractivity contribution in [2.75, 3.05) is 11.1 Å². The molecular weight excluding hydrogens is 336 g/mol. The SMILES string of the molecule is Cc1nc(N)sc1C(=O)Nc1cc(S(N)(=O)=O)ccc1Cl. The molecule has 0 bridgehead atoms. The summed E-state index contributed by atoms with van der Waals surface area (Å²) in [6.45, 7) is 1.64. The molecule has 1 amide bonds. The van der Waals surface area contributed by atoms with Crippen LogP contribution in [0.1, 0.15) is 15.4 Å². The number of nitrogens with one attached hydrogen (secondary N) is 1. The molecule has 0 radical (unpaired) electrons. The fourth-order valence-corrected chi connectivity index (χ4v) is 3.02. The third-order valence-electron chi connectivity index (χ3n) is 2.53. The van der Waals surface area contributed by atoms with Gasteiger partial charge in [0.25, 0.3) is 5.91 Å². The van der Waals surface area contributed by atoms with Gasteiger partial charge < -0.3 is 11.1 Å². The summed E-state index contributed by atoms with van der Waals surface area (Å²) in [6.07, 6.45) is 0. The van der Waals surface area contributed by atoms with Gasteiger partial charge in [0, 0.05) is 0 Å². The largest absolute Gasteiger partial charge is 0.375 e. The summed E-state index contributed by atoms with van der Waals surface area (Å²) in [5.74, 6) is -0.477. The number of hydrogen-bond donors (Lipinski definition) is 3. The molecule has 0 saturated heterocycles. The van der Waals surface area contributed by atoms with Crippen LogP contribution in [0.3, 0.4) is 0 Å². The molecule has 2 rings (SSSR count). The zero-order valence-corrected chi connectivity index (χ0v) is 13.1. The van der Waals surface area contributed by atoms with Crippen molar-refractivity contribution in [3.8, 4) is 0 Å². The highest BCUT2D eigenvalue weighted by Gasteiger charge is 2.17. The number of carbonyl (C=O) groups excluding carboxylic acids is 1. The zero-order chi connectivity index (χ0) is 15.8. The Morgan fingerprint density at radius 2 is 2.10 bits per heavy atom. The zero-order valence-electron chi connectivity index (χ0n) is 10.8. The molecule has 0 saturated carbocycles. The van der Waals surface area contributed by atoms with Gasteiger partial charge >= 0.3 is 0 Å². The van der Waals surface area contributed by atoms with E-state index < -0.39 is 15.9 Å².